The van der Waals surface area contributed by atoms with Crippen molar-refractivity contribution in [1.82, 2.24) is 0 Å². The van der Waals surface area contributed by atoms with Gasteiger partial charge >= 0.3 is 11.9 Å². The molecule has 0 spiro atoms. The van der Waals surface area contributed by atoms with Crippen LogP contribution in [0.1, 0.15) is 13.3 Å². The summed E-state index contributed by atoms with van der Waals surface area (Å²) in [5.41, 5.74) is 0. The van der Waals surface area contributed by atoms with E-state index >= 15 is 0 Å². The van der Waals surface area contributed by atoms with Crippen LogP contribution in [0, 0.1) is 12.3 Å². The first-order chi connectivity index (χ1) is 6.54. The highest BCUT2D eigenvalue weighted by Gasteiger charge is 2.40. The predicted octanol–water partition coefficient (Wildman–Crippen LogP) is 1.22. The monoisotopic (exact) mass is 206 g/mol. The number of terminal acetylenes is 1. The Morgan fingerprint density at radius 1 is 1.57 bits per heavy atom. The van der Waals surface area contributed by atoms with Gasteiger partial charge in [0.15, 0.2) is 0 Å². The highest BCUT2D eigenvalue weighted by atomic mass is 19.3. The van der Waals surface area contributed by atoms with E-state index < -0.39 is 18.5 Å². The molecular formula is C9H12F2O3. The van der Waals surface area contributed by atoms with Crippen LogP contribution in [-0.4, -0.2) is 31.7 Å². The smallest absolute Gasteiger partial charge is 0.379 e. The first-order valence-electron chi connectivity index (χ1n) is 4.11. The Hall–Kier alpha value is -1.15. The summed E-state index contributed by atoms with van der Waals surface area (Å²) in [6, 6.07) is 0. The summed E-state index contributed by atoms with van der Waals surface area (Å²) in [6.07, 6.45) is 5.11. The molecule has 0 radical (unpaired) electrons. The predicted molar refractivity (Wildman–Crippen MR) is 45.8 cm³/mol. The van der Waals surface area contributed by atoms with Gasteiger partial charge in [-0.05, 0) is 6.92 Å². The van der Waals surface area contributed by atoms with Crippen molar-refractivity contribution < 1.29 is 23.0 Å². The third kappa shape index (κ3) is 4.77. The zero-order chi connectivity index (χ0) is 11.0. The van der Waals surface area contributed by atoms with Gasteiger partial charge in [-0.2, -0.15) is 8.78 Å². The lowest BCUT2D eigenvalue weighted by Gasteiger charge is -2.13. The Morgan fingerprint density at radius 2 is 2.21 bits per heavy atom. The van der Waals surface area contributed by atoms with Crippen molar-refractivity contribution in [3.63, 3.8) is 0 Å². The number of esters is 1. The molecule has 0 aliphatic carbocycles. The minimum Gasteiger partial charge on any atom is -0.461 e. The van der Waals surface area contributed by atoms with Gasteiger partial charge in [0.25, 0.3) is 0 Å². The molecule has 0 fully saturated rings. The molecule has 3 nitrogen and oxygen atoms in total. The van der Waals surface area contributed by atoms with Crippen LogP contribution in [0.4, 0.5) is 8.78 Å². The van der Waals surface area contributed by atoms with Gasteiger partial charge in [0.1, 0.15) is 6.61 Å². The van der Waals surface area contributed by atoms with Crippen LogP contribution < -0.4 is 0 Å². The molecule has 5 heteroatoms. The van der Waals surface area contributed by atoms with E-state index in [9.17, 15) is 13.6 Å². The Balaban J connectivity index is 3.83. The van der Waals surface area contributed by atoms with E-state index in [1.54, 1.807) is 0 Å². The van der Waals surface area contributed by atoms with Crippen LogP contribution in [0.15, 0.2) is 0 Å². The fourth-order valence-electron chi connectivity index (χ4n) is 0.627. The normalized spacial score (nSPS) is 10.7. The molecular weight excluding hydrogens is 194 g/mol. The van der Waals surface area contributed by atoms with Gasteiger partial charge < -0.3 is 9.47 Å². The van der Waals surface area contributed by atoms with Crippen LogP contribution in [0.3, 0.4) is 0 Å². The number of carbonyl (C=O) groups is 1. The number of carbonyl (C=O) groups excluding carboxylic acids is 1. The fourth-order valence-corrected chi connectivity index (χ4v) is 0.627. The van der Waals surface area contributed by atoms with E-state index in [-0.39, 0.29) is 19.6 Å². The lowest BCUT2D eigenvalue weighted by Crippen LogP contribution is -2.35. The summed E-state index contributed by atoms with van der Waals surface area (Å²) >= 11 is 0. The molecule has 0 aromatic rings. The lowest BCUT2D eigenvalue weighted by atomic mass is 10.3. The first-order valence-corrected chi connectivity index (χ1v) is 4.11. The molecule has 0 atom stereocenters. The number of hydrogen-bond donors (Lipinski definition) is 0. The number of halogens is 2. The molecule has 0 heterocycles. The molecule has 0 saturated heterocycles. The fraction of sp³-hybridized carbons (Fsp3) is 0.667. The standard InChI is InChI=1S/C9H12F2O3/c1-3-5-6-13-7-9(10,11)8(12)14-4-2/h1H,4-7H2,2H3. The number of ether oxygens (including phenoxy) is 2. The molecule has 0 aliphatic heterocycles. The number of hydrogen-bond acceptors (Lipinski definition) is 3. The second kappa shape index (κ2) is 6.33. The zero-order valence-electron chi connectivity index (χ0n) is 7.89. The molecule has 0 rings (SSSR count). The summed E-state index contributed by atoms with van der Waals surface area (Å²) in [7, 11) is 0. The van der Waals surface area contributed by atoms with Crippen molar-refractivity contribution in [3.8, 4) is 12.3 Å². The molecule has 0 aromatic carbocycles. The van der Waals surface area contributed by atoms with Gasteiger partial charge in [-0.15, -0.1) is 12.3 Å². The van der Waals surface area contributed by atoms with Gasteiger partial charge in [-0.25, -0.2) is 4.79 Å². The maximum Gasteiger partial charge on any atom is 0.379 e. The second-order valence-electron chi connectivity index (χ2n) is 2.43. The Labute approximate surface area is 81.4 Å². The lowest BCUT2D eigenvalue weighted by molar-refractivity contribution is -0.179. The van der Waals surface area contributed by atoms with E-state index in [0.717, 1.165) is 0 Å². The Bertz CT molecular complexity index is 221. The molecule has 0 bridgehead atoms. The molecule has 0 N–H and O–H groups in total. The molecule has 0 amide bonds. The van der Waals surface area contributed by atoms with Crippen LogP contribution in [0.25, 0.3) is 0 Å². The molecule has 14 heavy (non-hydrogen) atoms. The van der Waals surface area contributed by atoms with Crippen LogP contribution in [-0.2, 0) is 14.3 Å². The quantitative estimate of drug-likeness (QED) is 0.372. The molecule has 0 aliphatic rings. The molecule has 0 aromatic heterocycles. The van der Waals surface area contributed by atoms with Crippen LogP contribution >= 0.6 is 0 Å². The first kappa shape index (κ1) is 12.8. The highest BCUT2D eigenvalue weighted by molar-refractivity contribution is 5.77. The topological polar surface area (TPSA) is 35.5 Å². The molecule has 0 saturated carbocycles. The van der Waals surface area contributed by atoms with Gasteiger partial charge in [0.2, 0.25) is 0 Å². The summed E-state index contributed by atoms with van der Waals surface area (Å²) in [5.74, 6) is -2.94. The van der Waals surface area contributed by atoms with Crippen molar-refractivity contribution in [2.24, 2.45) is 0 Å². The molecule has 0 unspecified atom stereocenters. The van der Waals surface area contributed by atoms with E-state index in [2.05, 4.69) is 15.4 Å². The Kier molecular flexibility index (Phi) is 5.81. The van der Waals surface area contributed by atoms with Gasteiger partial charge in [0.05, 0.1) is 13.2 Å². The molecule has 80 valence electrons. The zero-order valence-corrected chi connectivity index (χ0v) is 7.89. The summed E-state index contributed by atoms with van der Waals surface area (Å²) in [5, 5.41) is 0. The van der Waals surface area contributed by atoms with Crippen LogP contribution in [0.5, 0.6) is 0 Å². The number of rotatable bonds is 6. The third-order valence-corrected chi connectivity index (χ3v) is 1.25. The van der Waals surface area contributed by atoms with Crippen molar-refractivity contribution in [2.45, 2.75) is 19.3 Å². The third-order valence-electron chi connectivity index (χ3n) is 1.25. The van der Waals surface area contributed by atoms with Gasteiger partial charge in [-0.3, -0.25) is 0 Å². The number of alkyl halides is 2. The van der Waals surface area contributed by atoms with Crippen molar-refractivity contribution in [3.05, 3.63) is 0 Å². The van der Waals surface area contributed by atoms with E-state index in [1.807, 2.05) is 0 Å². The second-order valence-corrected chi connectivity index (χ2v) is 2.43. The maximum absolute atomic E-state index is 12.8. The average Bonchev–Trinajstić information content (AvgIpc) is 2.13. The van der Waals surface area contributed by atoms with Crippen molar-refractivity contribution in [1.29, 1.82) is 0 Å². The van der Waals surface area contributed by atoms with Gasteiger partial charge in [-0.1, -0.05) is 0 Å². The Morgan fingerprint density at radius 3 is 2.71 bits per heavy atom. The SMILES string of the molecule is C#CCCOCC(F)(F)C(=O)OCC. The highest BCUT2D eigenvalue weighted by Crippen LogP contribution is 2.15. The summed E-state index contributed by atoms with van der Waals surface area (Å²) < 4.78 is 34.2. The summed E-state index contributed by atoms with van der Waals surface area (Å²) in [4.78, 5) is 10.6. The van der Waals surface area contributed by atoms with Gasteiger partial charge in [0, 0.05) is 6.42 Å². The van der Waals surface area contributed by atoms with E-state index in [1.165, 1.54) is 6.92 Å². The summed E-state index contributed by atoms with van der Waals surface area (Å²) in [6.45, 7) is 0.380. The van der Waals surface area contributed by atoms with Crippen molar-refractivity contribution >= 4 is 5.97 Å². The van der Waals surface area contributed by atoms with E-state index in [4.69, 9.17) is 6.42 Å². The van der Waals surface area contributed by atoms with E-state index in [0.29, 0.717) is 0 Å². The minimum atomic E-state index is -3.59. The maximum atomic E-state index is 12.8. The average molecular weight is 206 g/mol. The van der Waals surface area contributed by atoms with Crippen LogP contribution in [0.2, 0.25) is 0 Å². The van der Waals surface area contributed by atoms with Crippen molar-refractivity contribution in [2.75, 3.05) is 19.8 Å². The minimum absolute atomic E-state index is 0.00545. The largest absolute Gasteiger partial charge is 0.461 e.